The van der Waals surface area contributed by atoms with E-state index in [1.807, 2.05) is 4.90 Å². The summed E-state index contributed by atoms with van der Waals surface area (Å²) < 4.78 is 24.9. The number of amides is 2. The molecule has 2 amide bonds. The van der Waals surface area contributed by atoms with Gasteiger partial charge in [-0.1, -0.05) is 0 Å². The van der Waals surface area contributed by atoms with Gasteiger partial charge >= 0.3 is 0 Å². The average molecular weight is 469 g/mol. The van der Waals surface area contributed by atoms with Crippen molar-refractivity contribution in [1.29, 1.82) is 0 Å². The number of halogens is 1. The number of ether oxygens (including phenoxy) is 2. The molecule has 0 unspecified atom stereocenters. The average Bonchev–Trinajstić information content (AvgIpc) is 3.72. The van der Waals surface area contributed by atoms with E-state index in [4.69, 9.17) is 9.47 Å². The van der Waals surface area contributed by atoms with Crippen molar-refractivity contribution in [3.63, 3.8) is 0 Å². The van der Waals surface area contributed by atoms with Crippen molar-refractivity contribution in [1.82, 2.24) is 19.8 Å². The fourth-order valence-corrected chi connectivity index (χ4v) is 4.58. The number of nitrogens with zero attached hydrogens (tertiary/aromatic N) is 4. The van der Waals surface area contributed by atoms with Crippen LogP contribution in [0.1, 0.15) is 47.8 Å². The van der Waals surface area contributed by atoms with Crippen LogP contribution in [0.5, 0.6) is 5.75 Å². The molecule has 3 aliphatic rings. The van der Waals surface area contributed by atoms with Crippen molar-refractivity contribution in [2.45, 2.75) is 37.7 Å². The predicted octanol–water partition coefficient (Wildman–Crippen LogP) is 2.65. The lowest BCUT2D eigenvalue weighted by Crippen LogP contribution is -2.50. The largest absolute Gasteiger partial charge is 0.490 e. The molecule has 1 aromatic carbocycles. The van der Waals surface area contributed by atoms with Gasteiger partial charge in [0.1, 0.15) is 23.5 Å². The molecule has 2 saturated heterocycles. The van der Waals surface area contributed by atoms with Crippen LogP contribution in [-0.4, -0.2) is 77.1 Å². The van der Waals surface area contributed by atoms with Crippen molar-refractivity contribution in [2.75, 3.05) is 39.4 Å². The Labute approximate surface area is 198 Å². The number of aromatic nitrogens is 2. The lowest BCUT2D eigenvalue weighted by atomic mass is 9.90. The Kier molecular flexibility index (Phi) is 6.71. The molecular formula is C25H29FN4O4. The Balaban J connectivity index is 1.29. The number of carbonyl (C=O) groups excluding carboxylic acids is 2. The van der Waals surface area contributed by atoms with Crippen molar-refractivity contribution in [3.05, 3.63) is 53.9 Å². The zero-order valence-electron chi connectivity index (χ0n) is 19.1. The smallest absolute Gasteiger partial charge is 0.257 e. The number of hydrogen-bond acceptors (Lipinski definition) is 6. The van der Waals surface area contributed by atoms with Gasteiger partial charge in [0.25, 0.3) is 5.91 Å². The second-order valence-corrected chi connectivity index (χ2v) is 9.21. The monoisotopic (exact) mass is 468 g/mol. The van der Waals surface area contributed by atoms with E-state index in [0.29, 0.717) is 63.0 Å². The molecule has 0 radical (unpaired) electrons. The molecule has 3 heterocycles. The van der Waals surface area contributed by atoms with Crippen LogP contribution < -0.4 is 4.74 Å². The maximum atomic E-state index is 13.3. The van der Waals surface area contributed by atoms with E-state index in [0.717, 1.165) is 18.7 Å². The molecule has 9 heteroatoms. The van der Waals surface area contributed by atoms with Gasteiger partial charge in [0, 0.05) is 63.3 Å². The van der Waals surface area contributed by atoms with E-state index in [-0.39, 0.29) is 36.1 Å². The second kappa shape index (κ2) is 10.0. The second-order valence-electron chi connectivity index (χ2n) is 9.21. The van der Waals surface area contributed by atoms with Crippen molar-refractivity contribution < 1.29 is 23.5 Å². The van der Waals surface area contributed by atoms with Gasteiger partial charge in [0.15, 0.2) is 0 Å². The molecule has 180 valence electrons. The minimum atomic E-state index is -0.332. The highest BCUT2D eigenvalue weighted by molar-refractivity contribution is 5.93. The molecule has 0 N–H and O–H groups in total. The zero-order chi connectivity index (χ0) is 23.5. The van der Waals surface area contributed by atoms with Crippen molar-refractivity contribution >= 4 is 11.8 Å². The van der Waals surface area contributed by atoms with Crippen LogP contribution in [0.15, 0.2) is 36.7 Å². The van der Waals surface area contributed by atoms with Gasteiger partial charge in [-0.2, -0.15) is 0 Å². The third-order valence-corrected chi connectivity index (χ3v) is 6.71. The Hall–Kier alpha value is -3.07. The minimum absolute atomic E-state index is 0.0347. The summed E-state index contributed by atoms with van der Waals surface area (Å²) >= 11 is 0. The summed E-state index contributed by atoms with van der Waals surface area (Å²) in [6, 6.07) is 5.89. The Morgan fingerprint density at radius 3 is 2.38 bits per heavy atom. The first-order chi connectivity index (χ1) is 16.6. The summed E-state index contributed by atoms with van der Waals surface area (Å²) in [6.45, 7) is 3.11. The summed E-state index contributed by atoms with van der Waals surface area (Å²) in [5, 5.41) is 0. The first-order valence-electron chi connectivity index (χ1n) is 12.0. The van der Waals surface area contributed by atoms with E-state index in [9.17, 15) is 14.0 Å². The molecule has 2 aromatic rings. The first-order valence-corrected chi connectivity index (χ1v) is 12.0. The fourth-order valence-electron chi connectivity index (χ4n) is 4.58. The maximum absolute atomic E-state index is 13.3. The normalized spacial score (nSPS) is 23.0. The minimum Gasteiger partial charge on any atom is -0.490 e. The Morgan fingerprint density at radius 2 is 1.71 bits per heavy atom. The standard InChI is InChI=1S/C25H29FN4O4/c26-20-3-5-21(6-4-20)34-22-7-8-30(16-18(22)13-23(31)29-9-11-33-12-10-29)25(32)19-14-27-24(28-15-19)17-1-2-17/h3-6,14-15,17-18,22H,1-2,7-13,16H2/t18-,22-/m0/s1. The molecule has 34 heavy (non-hydrogen) atoms. The molecule has 5 rings (SSSR count). The zero-order valence-corrected chi connectivity index (χ0v) is 19.1. The van der Waals surface area contributed by atoms with Gasteiger partial charge in [0.2, 0.25) is 5.91 Å². The molecule has 0 bridgehead atoms. The van der Waals surface area contributed by atoms with Gasteiger partial charge in [-0.05, 0) is 37.1 Å². The molecule has 3 fully saturated rings. The summed E-state index contributed by atoms with van der Waals surface area (Å²) in [7, 11) is 0. The number of piperidine rings is 1. The summed E-state index contributed by atoms with van der Waals surface area (Å²) in [5.41, 5.74) is 0.459. The van der Waals surface area contributed by atoms with E-state index in [1.165, 1.54) is 12.1 Å². The van der Waals surface area contributed by atoms with Crippen LogP contribution in [-0.2, 0) is 9.53 Å². The van der Waals surface area contributed by atoms with E-state index >= 15 is 0 Å². The highest BCUT2D eigenvalue weighted by atomic mass is 19.1. The van der Waals surface area contributed by atoms with Gasteiger partial charge < -0.3 is 19.3 Å². The quantitative estimate of drug-likeness (QED) is 0.648. The Morgan fingerprint density at radius 1 is 1.00 bits per heavy atom. The number of benzene rings is 1. The molecule has 2 atom stereocenters. The Bertz CT molecular complexity index is 1010. The van der Waals surface area contributed by atoms with Gasteiger partial charge in [-0.15, -0.1) is 0 Å². The van der Waals surface area contributed by atoms with Gasteiger partial charge in [0.05, 0.1) is 18.8 Å². The van der Waals surface area contributed by atoms with Crippen LogP contribution in [0.25, 0.3) is 0 Å². The first kappa shape index (κ1) is 22.7. The lowest BCUT2D eigenvalue weighted by molar-refractivity contribution is -0.137. The summed E-state index contributed by atoms with van der Waals surface area (Å²) in [4.78, 5) is 38.5. The molecule has 8 nitrogen and oxygen atoms in total. The van der Waals surface area contributed by atoms with E-state index in [1.54, 1.807) is 29.4 Å². The summed E-state index contributed by atoms with van der Waals surface area (Å²) in [6.07, 6.45) is 6.02. The van der Waals surface area contributed by atoms with Gasteiger partial charge in [-0.3, -0.25) is 9.59 Å². The highest BCUT2D eigenvalue weighted by Gasteiger charge is 2.36. The van der Waals surface area contributed by atoms with Crippen LogP contribution in [0.4, 0.5) is 4.39 Å². The van der Waals surface area contributed by atoms with Crippen LogP contribution in [0.3, 0.4) is 0 Å². The van der Waals surface area contributed by atoms with Crippen LogP contribution in [0, 0.1) is 11.7 Å². The van der Waals surface area contributed by atoms with Gasteiger partial charge in [-0.25, -0.2) is 14.4 Å². The SMILES string of the molecule is O=C(C[C@H]1CN(C(=O)c2cnc(C3CC3)nc2)CC[C@@H]1Oc1ccc(F)cc1)N1CCOCC1. The molecule has 1 saturated carbocycles. The third-order valence-electron chi connectivity index (χ3n) is 6.71. The van der Waals surface area contributed by atoms with Crippen LogP contribution >= 0.6 is 0 Å². The van der Waals surface area contributed by atoms with Crippen molar-refractivity contribution in [3.8, 4) is 5.75 Å². The predicted molar refractivity (Wildman–Crippen MR) is 121 cm³/mol. The number of likely N-dealkylation sites (tertiary alicyclic amines) is 1. The third kappa shape index (κ3) is 5.35. The van der Waals surface area contributed by atoms with E-state index < -0.39 is 0 Å². The van der Waals surface area contributed by atoms with Crippen molar-refractivity contribution in [2.24, 2.45) is 5.92 Å². The molecule has 1 aliphatic carbocycles. The molecule has 0 spiro atoms. The molecule has 2 aliphatic heterocycles. The van der Waals surface area contributed by atoms with Crippen LogP contribution in [0.2, 0.25) is 0 Å². The number of carbonyl (C=O) groups is 2. The number of rotatable bonds is 6. The fraction of sp³-hybridized carbons (Fsp3) is 0.520. The summed E-state index contributed by atoms with van der Waals surface area (Å²) in [5.74, 6) is 1.17. The topological polar surface area (TPSA) is 84.9 Å². The highest BCUT2D eigenvalue weighted by Crippen LogP contribution is 2.37. The number of hydrogen-bond donors (Lipinski definition) is 0. The molecule has 1 aromatic heterocycles. The lowest BCUT2D eigenvalue weighted by Gasteiger charge is -2.39. The molecular weight excluding hydrogens is 439 g/mol. The van der Waals surface area contributed by atoms with E-state index in [2.05, 4.69) is 9.97 Å². The number of morpholine rings is 1. The maximum Gasteiger partial charge on any atom is 0.257 e.